The second-order valence-corrected chi connectivity index (χ2v) is 9.50. The first-order valence-electron chi connectivity index (χ1n) is 13.1. The maximum atomic E-state index is 12.2. The van der Waals surface area contributed by atoms with E-state index in [0.717, 1.165) is 76.4 Å². The van der Waals surface area contributed by atoms with Gasteiger partial charge >= 0.3 is 6.09 Å². The fourth-order valence-electron chi connectivity index (χ4n) is 5.24. The third-order valence-corrected chi connectivity index (χ3v) is 7.36. The molecule has 3 N–H and O–H groups in total. The summed E-state index contributed by atoms with van der Waals surface area (Å²) in [4.78, 5) is 27.1. The van der Waals surface area contributed by atoms with E-state index in [0.29, 0.717) is 11.7 Å². The van der Waals surface area contributed by atoms with Gasteiger partial charge in [-0.05, 0) is 49.7 Å². The minimum atomic E-state index is -0.523. The average molecular weight is 527 g/mol. The minimum Gasteiger partial charge on any atom is -0.496 e. The molecule has 5 rings (SSSR count). The number of para-hydroxylation sites is 1. The van der Waals surface area contributed by atoms with E-state index >= 15 is 0 Å². The van der Waals surface area contributed by atoms with Crippen molar-refractivity contribution in [3.63, 3.8) is 0 Å². The lowest BCUT2D eigenvalue weighted by Gasteiger charge is -2.34. The molecule has 1 amide bonds. The molecule has 0 unspecified atom stereocenters. The van der Waals surface area contributed by atoms with Crippen molar-refractivity contribution in [3.8, 4) is 28.0 Å². The van der Waals surface area contributed by atoms with E-state index in [1.165, 1.54) is 7.11 Å². The van der Waals surface area contributed by atoms with Gasteiger partial charge in [-0.25, -0.2) is 9.78 Å². The highest BCUT2D eigenvalue weighted by atomic mass is 16.5. The number of pyridine rings is 1. The number of benzene rings is 2. The van der Waals surface area contributed by atoms with Gasteiger partial charge in [0, 0.05) is 66.2 Å². The summed E-state index contributed by atoms with van der Waals surface area (Å²) in [5.74, 6) is 1.64. The third kappa shape index (κ3) is 5.31. The van der Waals surface area contributed by atoms with E-state index in [9.17, 15) is 4.79 Å². The van der Waals surface area contributed by atoms with Crippen LogP contribution in [0.1, 0.15) is 18.4 Å². The number of nitrogens with one attached hydrogen (secondary N) is 3. The zero-order valence-corrected chi connectivity index (χ0v) is 22.7. The molecule has 0 aliphatic carbocycles. The molecule has 0 bridgehead atoms. The molecule has 0 saturated carbocycles. The molecule has 2 aromatic heterocycles. The van der Waals surface area contributed by atoms with Crippen molar-refractivity contribution in [2.45, 2.75) is 18.9 Å². The number of anilines is 1. The fraction of sp³-hybridized carbons (Fsp3) is 0.300. The normalized spacial score (nSPS) is 14.5. The molecule has 1 aliphatic rings. The number of H-pyrrole nitrogens is 1. The number of fused-ring (bicyclic) bond motifs is 1. The van der Waals surface area contributed by atoms with Crippen LogP contribution in [0.4, 0.5) is 10.5 Å². The number of amidine groups is 1. The van der Waals surface area contributed by atoms with E-state index in [4.69, 9.17) is 14.5 Å². The Morgan fingerprint density at radius 3 is 2.59 bits per heavy atom. The Morgan fingerprint density at radius 2 is 1.87 bits per heavy atom. The smallest absolute Gasteiger partial charge is 0.411 e. The molecule has 4 aromatic rings. The zero-order valence-electron chi connectivity index (χ0n) is 22.7. The van der Waals surface area contributed by atoms with Crippen LogP contribution in [0.25, 0.3) is 33.3 Å². The molecule has 1 saturated heterocycles. The van der Waals surface area contributed by atoms with E-state index < -0.39 is 6.09 Å². The summed E-state index contributed by atoms with van der Waals surface area (Å²) in [6.07, 6.45) is 5.34. The van der Waals surface area contributed by atoms with Crippen LogP contribution in [0.2, 0.25) is 0 Å². The van der Waals surface area contributed by atoms with Crippen molar-refractivity contribution in [3.05, 3.63) is 66.5 Å². The Hall–Kier alpha value is -4.37. The lowest BCUT2D eigenvalue weighted by molar-refractivity contribution is 0.187. The van der Waals surface area contributed by atoms with Crippen LogP contribution in [-0.4, -0.2) is 74.2 Å². The van der Waals surface area contributed by atoms with Gasteiger partial charge in [0.1, 0.15) is 17.2 Å². The molecule has 0 spiro atoms. The number of rotatable bonds is 6. The van der Waals surface area contributed by atoms with Crippen LogP contribution >= 0.6 is 0 Å². The summed E-state index contributed by atoms with van der Waals surface area (Å²) >= 11 is 0. The van der Waals surface area contributed by atoms with Crippen LogP contribution in [0, 0.1) is 0 Å². The van der Waals surface area contributed by atoms with Crippen molar-refractivity contribution < 1.29 is 14.3 Å². The Labute approximate surface area is 228 Å². The second kappa shape index (κ2) is 11.6. The van der Waals surface area contributed by atoms with Gasteiger partial charge in [0.2, 0.25) is 0 Å². The molecule has 9 heteroatoms. The van der Waals surface area contributed by atoms with Gasteiger partial charge in [-0.3, -0.25) is 10.3 Å². The molecule has 2 aromatic carbocycles. The SMILES string of the molecule is CN=C(c1cc(-c2cnc3[nH]cc(-c4ccccc4OC)c3c2)ccc1NC(=O)OC)N1CCC(NC)CC1. The predicted octanol–water partition coefficient (Wildman–Crippen LogP) is 5.14. The first kappa shape index (κ1) is 26.2. The van der Waals surface area contributed by atoms with Crippen molar-refractivity contribution in [2.24, 2.45) is 4.99 Å². The number of hydrogen-bond donors (Lipinski definition) is 3. The van der Waals surface area contributed by atoms with Gasteiger partial charge < -0.3 is 24.7 Å². The largest absolute Gasteiger partial charge is 0.496 e. The van der Waals surface area contributed by atoms with Gasteiger partial charge in [0.15, 0.2) is 0 Å². The molecular formula is C30H34N6O3. The molecule has 0 atom stereocenters. The topological polar surface area (TPSA) is 104 Å². The standard InChI is InChI=1S/C30H34N6O3/c1-31-21-11-13-36(14-12-21)29(32-2)24-15-19(9-10-26(24)35-30(37)39-4)20-16-23-25(18-34-28(23)33-17-20)22-7-5-6-8-27(22)38-3/h5-10,15-18,21,31H,11-14H2,1-4H3,(H,33,34)(H,35,37). The number of likely N-dealkylation sites (tertiary alicyclic amines) is 1. The van der Waals surface area contributed by atoms with Crippen LogP contribution < -0.4 is 15.4 Å². The Bertz CT molecular complexity index is 1500. The highest BCUT2D eigenvalue weighted by Gasteiger charge is 2.24. The predicted molar refractivity (Wildman–Crippen MR) is 156 cm³/mol. The molecular weight excluding hydrogens is 492 g/mol. The van der Waals surface area contributed by atoms with Gasteiger partial charge in [-0.2, -0.15) is 0 Å². The summed E-state index contributed by atoms with van der Waals surface area (Å²) in [7, 11) is 6.83. The second-order valence-electron chi connectivity index (χ2n) is 9.50. The van der Waals surface area contributed by atoms with Gasteiger partial charge in [0.25, 0.3) is 0 Å². The lowest BCUT2D eigenvalue weighted by Crippen LogP contribution is -2.44. The van der Waals surface area contributed by atoms with Crippen molar-refractivity contribution in [2.75, 3.05) is 46.7 Å². The number of ether oxygens (including phenoxy) is 2. The number of piperidine rings is 1. The first-order chi connectivity index (χ1) is 19.1. The van der Waals surface area contributed by atoms with Gasteiger partial charge in [-0.1, -0.05) is 24.3 Å². The maximum absolute atomic E-state index is 12.2. The van der Waals surface area contributed by atoms with Crippen LogP contribution in [0.15, 0.2) is 65.9 Å². The summed E-state index contributed by atoms with van der Waals surface area (Å²) in [6.45, 7) is 1.75. The molecule has 1 fully saturated rings. The Morgan fingerprint density at radius 1 is 1.08 bits per heavy atom. The number of methoxy groups -OCH3 is 2. The fourth-order valence-corrected chi connectivity index (χ4v) is 5.24. The van der Waals surface area contributed by atoms with Crippen molar-refractivity contribution in [1.29, 1.82) is 0 Å². The van der Waals surface area contributed by atoms with Crippen LogP contribution in [0.5, 0.6) is 5.75 Å². The van der Waals surface area contributed by atoms with Crippen molar-refractivity contribution in [1.82, 2.24) is 20.2 Å². The maximum Gasteiger partial charge on any atom is 0.411 e. The van der Waals surface area contributed by atoms with E-state index in [1.54, 1.807) is 14.2 Å². The average Bonchev–Trinajstić information content (AvgIpc) is 3.41. The first-order valence-corrected chi connectivity index (χ1v) is 13.1. The minimum absolute atomic E-state index is 0.495. The van der Waals surface area contributed by atoms with Gasteiger partial charge in [0.05, 0.1) is 19.9 Å². The quantitative estimate of drug-likeness (QED) is 0.237. The van der Waals surface area contributed by atoms with Crippen molar-refractivity contribution >= 4 is 28.6 Å². The molecule has 202 valence electrons. The highest BCUT2D eigenvalue weighted by molar-refractivity contribution is 6.07. The number of carbonyl (C=O) groups excluding carboxylic acids is 1. The third-order valence-electron chi connectivity index (χ3n) is 7.36. The van der Waals surface area contributed by atoms with E-state index in [1.807, 2.05) is 55.8 Å². The summed E-state index contributed by atoms with van der Waals surface area (Å²) in [5.41, 5.74) is 6.21. The van der Waals surface area contributed by atoms with Crippen LogP contribution in [-0.2, 0) is 4.74 Å². The number of aromatic amines is 1. The Balaban J connectivity index is 1.57. The molecule has 39 heavy (non-hydrogen) atoms. The number of hydrogen-bond acceptors (Lipinski definition) is 6. The highest BCUT2D eigenvalue weighted by Crippen LogP contribution is 2.36. The number of amides is 1. The summed E-state index contributed by atoms with van der Waals surface area (Å²) in [6, 6.07) is 16.5. The molecule has 0 radical (unpaired) electrons. The number of carbonyl (C=O) groups is 1. The van der Waals surface area contributed by atoms with Crippen LogP contribution in [0.3, 0.4) is 0 Å². The molecule has 1 aliphatic heterocycles. The number of aliphatic imine (C=N–C) groups is 1. The number of aromatic nitrogens is 2. The summed E-state index contributed by atoms with van der Waals surface area (Å²) in [5, 5.41) is 7.24. The summed E-state index contributed by atoms with van der Waals surface area (Å²) < 4.78 is 10.5. The molecule has 3 heterocycles. The monoisotopic (exact) mass is 526 g/mol. The lowest BCUT2D eigenvalue weighted by atomic mass is 9.98. The van der Waals surface area contributed by atoms with Gasteiger partial charge in [-0.15, -0.1) is 0 Å². The zero-order chi connectivity index (χ0) is 27.4. The Kier molecular flexibility index (Phi) is 7.79. The molecule has 9 nitrogen and oxygen atoms in total. The number of nitrogens with zero attached hydrogens (tertiary/aromatic N) is 3. The van der Waals surface area contributed by atoms with E-state index in [-0.39, 0.29) is 0 Å². The van der Waals surface area contributed by atoms with E-state index in [2.05, 4.69) is 37.6 Å².